The first-order chi connectivity index (χ1) is 9.47. The van der Waals surface area contributed by atoms with Crippen LogP contribution in [0.15, 0.2) is 0 Å². The lowest BCUT2D eigenvalue weighted by Crippen LogP contribution is -2.48. The minimum absolute atomic E-state index is 0.0455. The lowest BCUT2D eigenvalue weighted by molar-refractivity contribution is -0.149. The number of hydrogen-bond donors (Lipinski definition) is 1. The van der Waals surface area contributed by atoms with Crippen molar-refractivity contribution in [1.29, 1.82) is 0 Å². The molecule has 1 saturated carbocycles. The Kier molecular flexibility index (Phi) is 3.52. The molecule has 1 N–H and O–H groups in total. The molecule has 0 unspecified atom stereocenters. The number of rotatable bonds is 3. The number of carboxylic acids is 1. The number of hydrogen-bond acceptors (Lipinski definition) is 4. The summed E-state index contributed by atoms with van der Waals surface area (Å²) in [4.78, 5) is 11.6. The van der Waals surface area contributed by atoms with Crippen LogP contribution < -0.4 is 0 Å². The molecule has 3 rings (SSSR count). The summed E-state index contributed by atoms with van der Waals surface area (Å²) in [6.07, 6.45) is 2.27. The zero-order valence-corrected chi connectivity index (χ0v) is 12.1. The van der Waals surface area contributed by atoms with Gasteiger partial charge < -0.3 is 9.84 Å². The summed E-state index contributed by atoms with van der Waals surface area (Å²) in [6, 6.07) is 0. The molecule has 7 nitrogen and oxygen atoms in total. The second-order valence-electron chi connectivity index (χ2n) is 5.86. The molecule has 0 bridgehead atoms. The Morgan fingerprint density at radius 1 is 1.25 bits per heavy atom. The monoisotopic (exact) mass is 304 g/mol. The summed E-state index contributed by atoms with van der Waals surface area (Å²) in [7, 11) is -3.55. The molecule has 20 heavy (non-hydrogen) atoms. The van der Waals surface area contributed by atoms with Gasteiger partial charge in [0, 0.05) is 26.2 Å². The Morgan fingerprint density at radius 3 is 2.55 bits per heavy atom. The van der Waals surface area contributed by atoms with Crippen molar-refractivity contribution < 1.29 is 23.1 Å². The van der Waals surface area contributed by atoms with E-state index in [1.54, 1.807) is 0 Å². The molecule has 2 saturated heterocycles. The normalized spacial score (nSPS) is 36.1. The second-order valence-corrected chi connectivity index (χ2v) is 7.79. The van der Waals surface area contributed by atoms with Gasteiger partial charge in [0.2, 0.25) is 0 Å². The maximum absolute atomic E-state index is 12.6. The van der Waals surface area contributed by atoms with Gasteiger partial charge in [-0.25, -0.2) is 0 Å². The van der Waals surface area contributed by atoms with Gasteiger partial charge in [0.1, 0.15) is 0 Å². The smallest absolute Gasteiger partial charge is 0.311 e. The third-order valence-corrected chi connectivity index (χ3v) is 6.84. The van der Waals surface area contributed by atoms with Crippen LogP contribution in [-0.2, 0) is 19.7 Å². The molecule has 2 heterocycles. The van der Waals surface area contributed by atoms with E-state index in [0.717, 1.165) is 12.8 Å². The van der Waals surface area contributed by atoms with Gasteiger partial charge in [0.25, 0.3) is 10.2 Å². The predicted molar refractivity (Wildman–Crippen MR) is 70.3 cm³/mol. The lowest BCUT2D eigenvalue weighted by atomic mass is 9.81. The van der Waals surface area contributed by atoms with Crippen LogP contribution in [-0.4, -0.2) is 67.5 Å². The highest BCUT2D eigenvalue weighted by Crippen LogP contribution is 2.49. The van der Waals surface area contributed by atoms with Crippen LogP contribution in [0.25, 0.3) is 0 Å². The number of nitrogens with zero attached hydrogens (tertiary/aromatic N) is 2. The first-order valence-electron chi connectivity index (χ1n) is 7.03. The highest BCUT2D eigenvalue weighted by molar-refractivity contribution is 7.86. The molecule has 0 radical (unpaired) electrons. The molecular weight excluding hydrogens is 284 g/mol. The summed E-state index contributed by atoms with van der Waals surface area (Å²) in [6.45, 7) is 1.97. The molecule has 8 heteroatoms. The predicted octanol–water partition coefficient (Wildman–Crippen LogP) is -0.250. The average Bonchev–Trinajstić information content (AvgIpc) is 2.97. The fourth-order valence-electron chi connectivity index (χ4n) is 3.71. The Balaban J connectivity index is 1.81. The third kappa shape index (κ3) is 2.05. The number of aliphatic carboxylic acids is 1. The summed E-state index contributed by atoms with van der Waals surface area (Å²) in [5, 5.41) is 9.51. The molecule has 2 aliphatic heterocycles. The van der Waals surface area contributed by atoms with Crippen molar-refractivity contribution in [1.82, 2.24) is 8.61 Å². The number of carbonyl (C=O) groups is 1. The minimum atomic E-state index is -3.55. The third-order valence-electron chi connectivity index (χ3n) is 4.89. The maximum atomic E-state index is 12.6. The van der Waals surface area contributed by atoms with Gasteiger partial charge in [-0.1, -0.05) is 6.42 Å². The quantitative estimate of drug-likeness (QED) is 0.777. The van der Waals surface area contributed by atoms with Crippen molar-refractivity contribution in [2.24, 2.45) is 11.3 Å². The Labute approximate surface area is 118 Å². The maximum Gasteiger partial charge on any atom is 0.311 e. The molecular formula is C12H20N2O5S. The summed E-state index contributed by atoms with van der Waals surface area (Å²) in [5.74, 6) is -0.893. The van der Waals surface area contributed by atoms with Gasteiger partial charge in [0.15, 0.2) is 0 Å². The molecule has 2 atom stereocenters. The highest BCUT2D eigenvalue weighted by atomic mass is 32.2. The van der Waals surface area contributed by atoms with E-state index in [9.17, 15) is 18.3 Å². The topological polar surface area (TPSA) is 87.2 Å². The highest BCUT2D eigenvalue weighted by Gasteiger charge is 2.57. The van der Waals surface area contributed by atoms with Crippen molar-refractivity contribution in [3.05, 3.63) is 0 Å². The van der Waals surface area contributed by atoms with Crippen LogP contribution in [0.5, 0.6) is 0 Å². The number of ether oxygens (including phenoxy) is 1. The van der Waals surface area contributed by atoms with Crippen molar-refractivity contribution in [3.63, 3.8) is 0 Å². The average molecular weight is 304 g/mol. The van der Waals surface area contributed by atoms with Crippen molar-refractivity contribution in [3.8, 4) is 0 Å². The summed E-state index contributed by atoms with van der Waals surface area (Å²) in [5.41, 5.74) is -0.862. The SMILES string of the molecule is O=C(O)[C@@]12CCC[C@H]1CN(S(=O)(=O)N1CCOCC1)C2. The van der Waals surface area contributed by atoms with E-state index in [1.165, 1.54) is 8.61 Å². The van der Waals surface area contributed by atoms with E-state index in [-0.39, 0.29) is 12.5 Å². The van der Waals surface area contributed by atoms with E-state index in [0.29, 0.717) is 39.3 Å². The van der Waals surface area contributed by atoms with Gasteiger partial charge in [-0.15, -0.1) is 0 Å². The largest absolute Gasteiger partial charge is 0.481 e. The fraction of sp³-hybridized carbons (Fsp3) is 0.917. The van der Waals surface area contributed by atoms with Crippen molar-refractivity contribution >= 4 is 16.2 Å². The molecule has 0 spiro atoms. The van der Waals surface area contributed by atoms with Gasteiger partial charge in [-0.3, -0.25) is 4.79 Å². The van der Waals surface area contributed by atoms with Gasteiger partial charge in [-0.2, -0.15) is 17.0 Å². The first kappa shape index (κ1) is 14.2. The Bertz CT molecular complexity index is 502. The zero-order chi connectivity index (χ0) is 14.4. The molecule has 0 amide bonds. The van der Waals surface area contributed by atoms with Crippen LogP contribution in [0, 0.1) is 11.3 Å². The molecule has 0 aromatic heterocycles. The van der Waals surface area contributed by atoms with E-state index in [1.807, 2.05) is 0 Å². The van der Waals surface area contributed by atoms with E-state index >= 15 is 0 Å². The first-order valence-corrected chi connectivity index (χ1v) is 8.43. The molecule has 3 fully saturated rings. The van der Waals surface area contributed by atoms with Crippen LogP contribution in [0.4, 0.5) is 0 Å². The zero-order valence-electron chi connectivity index (χ0n) is 11.3. The van der Waals surface area contributed by atoms with Gasteiger partial charge in [-0.05, 0) is 18.8 Å². The second kappa shape index (κ2) is 4.94. The standard InChI is InChI=1S/C12H20N2O5S/c15-11(16)12-3-1-2-10(12)8-14(9-12)20(17,18)13-4-6-19-7-5-13/h10H,1-9H2,(H,15,16)/t10-,12+/m0/s1. The lowest BCUT2D eigenvalue weighted by Gasteiger charge is -2.31. The molecule has 114 valence electrons. The van der Waals surface area contributed by atoms with E-state index in [4.69, 9.17) is 4.74 Å². The molecule has 0 aromatic rings. The molecule has 0 aromatic carbocycles. The number of morpholine rings is 1. The van der Waals surface area contributed by atoms with Crippen LogP contribution in [0.1, 0.15) is 19.3 Å². The van der Waals surface area contributed by atoms with Crippen molar-refractivity contribution in [2.75, 3.05) is 39.4 Å². The molecule has 1 aliphatic carbocycles. The Hall–Kier alpha value is -0.700. The summed E-state index contributed by atoms with van der Waals surface area (Å²) < 4.78 is 33.1. The Morgan fingerprint density at radius 2 is 1.95 bits per heavy atom. The van der Waals surface area contributed by atoms with Gasteiger partial charge in [0.05, 0.1) is 18.6 Å². The number of carboxylic acid groups (broad SMARTS) is 1. The van der Waals surface area contributed by atoms with E-state index in [2.05, 4.69) is 0 Å². The fourth-order valence-corrected chi connectivity index (χ4v) is 5.41. The van der Waals surface area contributed by atoms with E-state index < -0.39 is 21.6 Å². The van der Waals surface area contributed by atoms with Crippen LogP contribution in [0.3, 0.4) is 0 Å². The number of fused-ring (bicyclic) bond motifs is 1. The molecule has 3 aliphatic rings. The van der Waals surface area contributed by atoms with Crippen molar-refractivity contribution in [2.45, 2.75) is 19.3 Å². The summed E-state index contributed by atoms with van der Waals surface area (Å²) >= 11 is 0. The van der Waals surface area contributed by atoms with Gasteiger partial charge >= 0.3 is 5.97 Å². The van der Waals surface area contributed by atoms with Crippen LogP contribution >= 0.6 is 0 Å². The minimum Gasteiger partial charge on any atom is -0.481 e. The van der Waals surface area contributed by atoms with Crippen LogP contribution in [0.2, 0.25) is 0 Å².